The second-order valence-electron chi connectivity index (χ2n) is 3.96. The summed E-state index contributed by atoms with van der Waals surface area (Å²) < 4.78 is 0. The lowest BCUT2D eigenvalue weighted by Crippen LogP contribution is -2.34. The third-order valence-corrected chi connectivity index (χ3v) is 2.88. The highest BCUT2D eigenvalue weighted by atomic mass is 16.3. The van der Waals surface area contributed by atoms with Crippen molar-refractivity contribution < 1.29 is 9.90 Å². The number of hydrogen-bond acceptors (Lipinski definition) is 2. The lowest BCUT2D eigenvalue weighted by atomic mass is 10.1. The van der Waals surface area contributed by atoms with Crippen LogP contribution in [-0.2, 0) is 0 Å². The molecule has 0 bridgehead atoms. The van der Waals surface area contributed by atoms with Crippen molar-refractivity contribution >= 4 is 5.91 Å². The van der Waals surface area contributed by atoms with Gasteiger partial charge in [-0.25, -0.2) is 0 Å². The molecule has 1 amide bonds. The zero-order valence-electron chi connectivity index (χ0n) is 9.31. The second-order valence-corrected chi connectivity index (χ2v) is 3.96. The van der Waals surface area contributed by atoms with Gasteiger partial charge in [-0.05, 0) is 25.5 Å². The monoisotopic (exact) mass is 217 g/mol. The maximum atomic E-state index is 12.2. The first kappa shape index (κ1) is 10.7. The van der Waals surface area contributed by atoms with Gasteiger partial charge < -0.3 is 10.0 Å². The summed E-state index contributed by atoms with van der Waals surface area (Å²) >= 11 is 0. The molecule has 1 aliphatic rings. The Kier molecular flexibility index (Phi) is 2.95. The quantitative estimate of drug-likeness (QED) is 0.732. The summed E-state index contributed by atoms with van der Waals surface area (Å²) in [5, 5.41) is 9.56. The molecular formula is C13H15NO2. The molecule has 3 nitrogen and oxygen atoms in total. The summed E-state index contributed by atoms with van der Waals surface area (Å²) in [7, 11) is 0. The molecule has 2 rings (SSSR count). The van der Waals surface area contributed by atoms with Crippen LogP contribution in [0.1, 0.15) is 22.3 Å². The molecule has 0 aliphatic carbocycles. The highest BCUT2D eigenvalue weighted by Gasteiger charge is 2.18. The minimum absolute atomic E-state index is 0.00208. The zero-order valence-corrected chi connectivity index (χ0v) is 9.31. The number of carbonyl (C=O) groups excluding carboxylic acids is 1. The van der Waals surface area contributed by atoms with Gasteiger partial charge in [0.25, 0.3) is 5.91 Å². The summed E-state index contributed by atoms with van der Waals surface area (Å²) in [5.74, 6) is 0.177. The van der Waals surface area contributed by atoms with Crippen LogP contribution in [0.3, 0.4) is 0 Å². The molecule has 16 heavy (non-hydrogen) atoms. The molecule has 1 aromatic carbocycles. The highest BCUT2D eigenvalue weighted by Crippen LogP contribution is 2.21. The van der Waals surface area contributed by atoms with Crippen LogP contribution < -0.4 is 0 Å². The normalized spacial score (nSPS) is 15.2. The molecule has 0 aromatic heterocycles. The minimum atomic E-state index is -0.00208. The van der Waals surface area contributed by atoms with Gasteiger partial charge in [0.2, 0.25) is 0 Å². The van der Waals surface area contributed by atoms with E-state index in [1.54, 1.807) is 30.0 Å². The van der Waals surface area contributed by atoms with Crippen LogP contribution in [0.5, 0.6) is 5.75 Å². The first-order valence-electron chi connectivity index (χ1n) is 5.43. The molecule has 1 heterocycles. The molecule has 1 aromatic rings. The number of aromatic hydroxyl groups is 1. The maximum absolute atomic E-state index is 12.2. The number of amides is 1. The smallest absolute Gasteiger partial charge is 0.254 e. The lowest BCUT2D eigenvalue weighted by Gasteiger charge is -2.24. The van der Waals surface area contributed by atoms with Crippen LogP contribution in [0.25, 0.3) is 0 Å². The predicted molar refractivity (Wildman–Crippen MR) is 62.5 cm³/mol. The number of phenols is 1. The number of phenolic OH excluding ortho intramolecular Hbond substituents is 1. The maximum Gasteiger partial charge on any atom is 0.254 e. The first-order chi connectivity index (χ1) is 7.70. The fourth-order valence-corrected chi connectivity index (χ4v) is 1.85. The number of rotatable bonds is 1. The van der Waals surface area contributed by atoms with Gasteiger partial charge in [0.15, 0.2) is 0 Å². The molecule has 1 aliphatic heterocycles. The summed E-state index contributed by atoms with van der Waals surface area (Å²) in [6.07, 6.45) is 4.99. The third kappa shape index (κ3) is 1.94. The molecule has 0 saturated heterocycles. The van der Waals surface area contributed by atoms with Crippen LogP contribution in [-0.4, -0.2) is 29.0 Å². The van der Waals surface area contributed by atoms with Gasteiger partial charge in [-0.2, -0.15) is 0 Å². The van der Waals surface area contributed by atoms with E-state index in [-0.39, 0.29) is 11.7 Å². The number of benzene rings is 1. The van der Waals surface area contributed by atoms with Crippen molar-refractivity contribution in [3.05, 3.63) is 41.5 Å². The Hall–Kier alpha value is -1.77. The van der Waals surface area contributed by atoms with E-state index in [2.05, 4.69) is 6.08 Å². The van der Waals surface area contributed by atoms with Crippen molar-refractivity contribution in [3.63, 3.8) is 0 Å². The Balaban J connectivity index is 2.26. The van der Waals surface area contributed by atoms with E-state index in [1.165, 1.54) is 0 Å². The van der Waals surface area contributed by atoms with Gasteiger partial charge in [-0.15, -0.1) is 0 Å². The molecule has 0 saturated carbocycles. The van der Waals surface area contributed by atoms with Crippen LogP contribution >= 0.6 is 0 Å². The van der Waals surface area contributed by atoms with Gasteiger partial charge in [0.1, 0.15) is 5.75 Å². The van der Waals surface area contributed by atoms with Gasteiger partial charge in [0.05, 0.1) is 0 Å². The Morgan fingerprint density at radius 1 is 1.38 bits per heavy atom. The Morgan fingerprint density at radius 3 is 2.88 bits per heavy atom. The second kappa shape index (κ2) is 4.39. The Morgan fingerprint density at radius 2 is 2.19 bits per heavy atom. The summed E-state index contributed by atoms with van der Waals surface area (Å²) in [4.78, 5) is 13.9. The van der Waals surface area contributed by atoms with Crippen LogP contribution in [0.2, 0.25) is 0 Å². The molecule has 84 valence electrons. The minimum Gasteiger partial charge on any atom is -0.508 e. The largest absolute Gasteiger partial charge is 0.508 e. The zero-order chi connectivity index (χ0) is 11.5. The van der Waals surface area contributed by atoms with Gasteiger partial charge in [0, 0.05) is 24.2 Å². The predicted octanol–water partition coefficient (Wildman–Crippen LogP) is 2.10. The van der Waals surface area contributed by atoms with E-state index in [0.29, 0.717) is 17.7 Å². The average molecular weight is 217 g/mol. The number of carbonyl (C=O) groups is 1. The molecule has 0 fully saturated rings. The number of hydrogen-bond donors (Lipinski definition) is 1. The molecular weight excluding hydrogens is 202 g/mol. The highest BCUT2D eigenvalue weighted by molar-refractivity contribution is 5.96. The van der Waals surface area contributed by atoms with E-state index < -0.39 is 0 Å². The fraction of sp³-hybridized carbons (Fsp3) is 0.308. The lowest BCUT2D eigenvalue weighted by molar-refractivity contribution is 0.0770. The first-order valence-corrected chi connectivity index (χ1v) is 5.43. The van der Waals surface area contributed by atoms with Crippen LogP contribution in [0, 0.1) is 6.92 Å². The van der Waals surface area contributed by atoms with Gasteiger partial charge in [-0.3, -0.25) is 4.79 Å². The van der Waals surface area contributed by atoms with Crippen LogP contribution in [0.15, 0.2) is 30.4 Å². The van der Waals surface area contributed by atoms with Crippen molar-refractivity contribution in [2.75, 3.05) is 13.1 Å². The molecule has 0 radical (unpaired) electrons. The summed E-state index contributed by atoms with van der Waals surface area (Å²) in [6.45, 7) is 3.18. The standard InChI is InChI=1S/C13H15NO2/c1-10-11(6-5-7-12(10)15)13(16)14-8-3-2-4-9-14/h2-3,5-7,15H,4,8-9H2,1H3. The van der Waals surface area contributed by atoms with Crippen molar-refractivity contribution in [2.45, 2.75) is 13.3 Å². The van der Waals surface area contributed by atoms with Gasteiger partial charge >= 0.3 is 0 Å². The van der Waals surface area contributed by atoms with Crippen molar-refractivity contribution in [1.29, 1.82) is 0 Å². The third-order valence-electron chi connectivity index (χ3n) is 2.88. The van der Waals surface area contributed by atoms with Crippen molar-refractivity contribution in [3.8, 4) is 5.75 Å². The average Bonchev–Trinajstić information content (AvgIpc) is 2.33. The fourth-order valence-electron chi connectivity index (χ4n) is 1.85. The molecule has 3 heteroatoms. The van der Waals surface area contributed by atoms with Crippen molar-refractivity contribution in [2.24, 2.45) is 0 Å². The SMILES string of the molecule is Cc1c(O)cccc1C(=O)N1CC=CCC1. The van der Waals surface area contributed by atoms with Crippen LogP contribution in [0.4, 0.5) is 0 Å². The van der Waals surface area contributed by atoms with E-state index in [9.17, 15) is 9.90 Å². The molecule has 0 spiro atoms. The van der Waals surface area contributed by atoms with E-state index in [0.717, 1.165) is 13.0 Å². The van der Waals surface area contributed by atoms with E-state index in [1.807, 2.05) is 6.08 Å². The molecule has 0 unspecified atom stereocenters. The molecule has 1 N–H and O–H groups in total. The van der Waals surface area contributed by atoms with Crippen molar-refractivity contribution in [1.82, 2.24) is 4.90 Å². The van der Waals surface area contributed by atoms with E-state index in [4.69, 9.17) is 0 Å². The topological polar surface area (TPSA) is 40.5 Å². The molecule has 0 atom stereocenters. The number of nitrogens with zero attached hydrogens (tertiary/aromatic N) is 1. The van der Waals surface area contributed by atoms with E-state index >= 15 is 0 Å². The Bertz CT molecular complexity index is 438. The summed E-state index contributed by atoms with van der Waals surface area (Å²) in [5.41, 5.74) is 1.25. The van der Waals surface area contributed by atoms with Gasteiger partial charge in [-0.1, -0.05) is 18.2 Å². The Labute approximate surface area is 95.0 Å². The summed E-state index contributed by atoms with van der Waals surface area (Å²) in [6, 6.07) is 5.06.